The third kappa shape index (κ3) is 2.65. The lowest BCUT2D eigenvalue weighted by Gasteiger charge is -2.14. The molecule has 15 heavy (non-hydrogen) atoms. The van der Waals surface area contributed by atoms with Crippen molar-refractivity contribution in [1.82, 2.24) is 4.57 Å². The van der Waals surface area contributed by atoms with Crippen LogP contribution >= 0.6 is 34.8 Å². The molecule has 82 valence electrons. The molecule has 4 nitrogen and oxygen atoms in total. The van der Waals surface area contributed by atoms with Gasteiger partial charge >= 0.3 is 0 Å². The van der Waals surface area contributed by atoms with Gasteiger partial charge in [0.1, 0.15) is 0 Å². The highest BCUT2D eigenvalue weighted by molar-refractivity contribution is 6.72. The van der Waals surface area contributed by atoms with Crippen LogP contribution in [0.2, 0.25) is 0 Å². The highest BCUT2D eigenvalue weighted by Crippen LogP contribution is 2.40. The van der Waals surface area contributed by atoms with Gasteiger partial charge in [0.2, 0.25) is 3.79 Å². The first-order valence-corrected chi connectivity index (χ1v) is 4.94. The van der Waals surface area contributed by atoms with Crippen LogP contribution in [-0.4, -0.2) is 13.3 Å². The summed E-state index contributed by atoms with van der Waals surface area (Å²) in [6, 6.07) is 1.31. The van der Waals surface area contributed by atoms with Crippen molar-refractivity contribution in [2.45, 2.75) is 3.79 Å². The minimum absolute atomic E-state index is 0.0668. The summed E-state index contributed by atoms with van der Waals surface area (Å²) in [6.07, 6.45) is 1.33. The van der Waals surface area contributed by atoms with E-state index in [-0.39, 0.29) is 11.3 Å². The Morgan fingerprint density at radius 1 is 1.60 bits per heavy atom. The zero-order valence-electron chi connectivity index (χ0n) is 7.71. The second kappa shape index (κ2) is 4.04. The van der Waals surface area contributed by atoms with Gasteiger partial charge in [-0.3, -0.25) is 10.1 Å². The van der Waals surface area contributed by atoms with E-state index in [0.29, 0.717) is 5.69 Å². The highest BCUT2D eigenvalue weighted by atomic mass is 35.6. The van der Waals surface area contributed by atoms with Crippen molar-refractivity contribution in [3.63, 3.8) is 0 Å². The maximum Gasteiger partial charge on any atom is 0.287 e. The summed E-state index contributed by atoms with van der Waals surface area (Å²) in [7, 11) is 1.62. The molecule has 0 fully saturated rings. The third-order valence-electron chi connectivity index (χ3n) is 1.85. The molecule has 0 aliphatic heterocycles. The predicted molar refractivity (Wildman–Crippen MR) is 61.4 cm³/mol. The molecule has 0 aliphatic carbocycles. The van der Waals surface area contributed by atoms with E-state index in [1.54, 1.807) is 7.05 Å². The lowest BCUT2D eigenvalue weighted by molar-refractivity contribution is -0.384. The van der Waals surface area contributed by atoms with Crippen LogP contribution in [0, 0.1) is 10.1 Å². The fourth-order valence-corrected chi connectivity index (χ4v) is 1.38. The van der Waals surface area contributed by atoms with Crippen LogP contribution in [0.1, 0.15) is 5.69 Å². The standard InChI is InChI=1S/C8H7Cl3N2O2/c1-5(8(9,10)11)7-3-6(13(14)15)4-12(7)2/h3-4H,1H2,2H3. The molecule has 0 N–H and O–H groups in total. The summed E-state index contributed by atoms with van der Waals surface area (Å²) in [4.78, 5) is 9.98. The first-order chi connectivity index (χ1) is 6.73. The molecule has 0 saturated heterocycles. The molecule has 1 heterocycles. The summed E-state index contributed by atoms with van der Waals surface area (Å²) in [5.74, 6) is 0. The zero-order valence-corrected chi connectivity index (χ0v) is 9.97. The lowest BCUT2D eigenvalue weighted by Crippen LogP contribution is -2.07. The minimum atomic E-state index is -1.67. The number of rotatable bonds is 2. The average Bonchev–Trinajstić information content (AvgIpc) is 2.44. The Balaban J connectivity index is 3.16. The first-order valence-electron chi connectivity index (χ1n) is 3.80. The van der Waals surface area contributed by atoms with Gasteiger partial charge in [0.25, 0.3) is 5.69 Å². The number of alkyl halides is 3. The van der Waals surface area contributed by atoms with Crippen LogP contribution in [0.4, 0.5) is 5.69 Å². The molecule has 0 atom stereocenters. The van der Waals surface area contributed by atoms with E-state index in [4.69, 9.17) is 34.8 Å². The smallest absolute Gasteiger partial charge is 0.287 e. The number of aromatic nitrogens is 1. The molecule has 0 radical (unpaired) electrons. The van der Waals surface area contributed by atoms with Gasteiger partial charge < -0.3 is 4.57 Å². The van der Waals surface area contributed by atoms with Gasteiger partial charge in [-0.25, -0.2) is 0 Å². The summed E-state index contributed by atoms with van der Waals surface area (Å²) >= 11 is 16.9. The Kier molecular flexibility index (Phi) is 3.33. The van der Waals surface area contributed by atoms with Crippen LogP contribution in [0.25, 0.3) is 5.57 Å². The Bertz CT molecular complexity index is 420. The Labute approximate surface area is 101 Å². The van der Waals surface area contributed by atoms with E-state index < -0.39 is 8.72 Å². The van der Waals surface area contributed by atoms with Crippen molar-refractivity contribution < 1.29 is 4.92 Å². The fourth-order valence-electron chi connectivity index (χ4n) is 1.09. The van der Waals surface area contributed by atoms with Gasteiger partial charge in [-0.15, -0.1) is 0 Å². The maximum atomic E-state index is 10.5. The lowest BCUT2D eigenvalue weighted by atomic mass is 10.2. The molecule has 1 aromatic heterocycles. The van der Waals surface area contributed by atoms with Crippen LogP contribution in [0.15, 0.2) is 18.8 Å². The molecular weight excluding hydrogens is 262 g/mol. The molecular formula is C8H7Cl3N2O2. The molecule has 0 amide bonds. The van der Waals surface area contributed by atoms with Crippen molar-refractivity contribution >= 4 is 46.1 Å². The largest absolute Gasteiger partial charge is 0.344 e. The summed E-state index contributed by atoms with van der Waals surface area (Å²) in [5, 5.41) is 10.5. The van der Waals surface area contributed by atoms with E-state index in [2.05, 4.69) is 6.58 Å². The van der Waals surface area contributed by atoms with Crippen LogP contribution in [0.5, 0.6) is 0 Å². The van der Waals surface area contributed by atoms with Gasteiger partial charge in [0.15, 0.2) is 0 Å². The number of hydrogen-bond acceptors (Lipinski definition) is 2. The molecule has 0 aliphatic rings. The van der Waals surface area contributed by atoms with Gasteiger partial charge in [0, 0.05) is 18.7 Å². The van der Waals surface area contributed by atoms with Gasteiger partial charge in [0.05, 0.1) is 16.8 Å². The fraction of sp³-hybridized carbons (Fsp3) is 0.250. The van der Waals surface area contributed by atoms with Crippen LogP contribution in [0.3, 0.4) is 0 Å². The quantitative estimate of drug-likeness (QED) is 0.470. The van der Waals surface area contributed by atoms with Gasteiger partial charge in [-0.2, -0.15) is 0 Å². The van der Waals surface area contributed by atoms with Crippen molar-refractivity contribution in [2.75, 3.05) is 0 Å². The zero-order chi connectivity index (χ0) is 11.8. The van der Waals surface area contributed by atoms with Crippen molar-refractivity contribution in [1.29, 1.82) is 0 Å². The number of hydrogen-bond donors (Lipinski definition) is 0. The van der Waals surface area contributed by atoms with E-state index in [1.807, 2.05) is 0 Å². The first kappa shape index (κ1) is 12.4. The summed E-state index contributed by atoms with van der Waals surface area (Å²) in [5.41, 5.74) is 0.549. The Morgan fingerprint density at radius 2 is 2.13 bits per heavy atom. The van der Waals surface area contributed by atoms with Crippen molar-refractivity contribution in [3.8, 4) is 0 Å². The highest BCUT2D eigenvalue weighted by Gasteiger charge is 2.28. The number of halogens is 3. The summed E-state index contributed by atoms with van der Waals surface area (Å²) < 4.78 is -0.178. The Morgan fingerprint density at radius 3 is 2.47 bits per heavy atom. The predicted octanol–water partition coefficient (Wildman–Crippen LogP) is 3.32. The van der Waals surface area contributed by atoms with Crippen molar-refractivity contribution in [3.05, 3.63) is 34.7 Å². The molecule has 0 unspecified atom stereocenters. The third-order valence-corrected chi connectivity index (χ3v) is 2.54. The van der Waals surface area contributed by atoms with E-state index in [0.717, 1.165) is 0 Å². The Hall–Kier alpha value is -0.710. The SMILES string of the molecule is C=C(c1cc([N+](=O)[O-])cn1C)C(Cl)(Cl)Cl. The molecule has 1 aromatic rings. The number of aryl methyl sites for hydroxylation is 1. The van der Waals surface area contributed by atoms with Gasteiger partial charge in [-0.05, 0) is 0 Å². The normalized spacial score (nSPS) is 11.5. The average molecular weight is 270 g/mol. The van der Waals surface area contributed by atoms with Crippen molar-refractivity contribution in [2.24, 2.45) is 7.05 Å². The van der Waals surface area contributed by atoms with E-state index >= 15 is 0 Å². The number of nitrogens with zero attached hydrogens (tertiary/aromatic N) is 2. The van der Waals surface area contributed by atoms with E-state index in [9.17, 15) is 10.1 Å². The van der Waals surface area contributed by atoms with Gasteiger partial charge in [-0.1, -0.05) is 41.4 Å². The minimum Gasteiger partial charge on any atom is -0.344 e. The molecule has 0 bridgehead atoms. The maximum absolute atomic E-state index is 10.5. The second-order valence-corrected chi connectivity index (χ2v) is 5.21. The molecule has 1 rings (SSSR count). The van der Waals surface area contributed by atoms with Crippen LogP contribution in [-0.2, 0) is 7.05 Å². The summed E-state index contributed by atoms with van der Waals surface area (Å²) in [6.45, 7) is 3.59. The molecule has 0 saturated carbocycles. The molecule has 0 aromatic carbocycles. The monoisotopic (exact) mass is 268 g/mol. The van der Waals surface area contributed by atoms with Crippen LogP contribution < -0.4 is 0 Å². The molecule has 7 heteroatoms. The topological polar surface area (TPSA) is 48.1 Å². The second-order valence-electron chi connectivity index (χ2n) is 2.93. The number of nitro groups is 1. The van der Waals surface area contributed by atoms with E-state index in [1.165, 1.54) is 16.8 Å². The molecule has 0 spiro atoms. The number of allylic oxidation sites excluding steroid dienone is 1.